The van der Waals surface area contributed by atoms with E-state index >= 15 is 0 Å². The van der Waals surface area contributed by atoms with E-state index in [9.17, 15) is 14.0 Å². The molecule has 3 rings (SSSR count). The summed E-state index contributed by atoms with van der Waals surface area (Å²) in [6, 6.07) is 11.8. The Bertz CT molecular complexity index is 979. The zero-order valence-corrected chi connectivity index (χ0v) is 16.4. The number of nitrogens with one attached hydrogen (secondary N) is 2. The van der Waals surface area contributed by atoms with E-state index in [1.807, 2.05) is 19.9 Å². The number of thiazole rings is 1. The van der Waals surface area contributed by atoms with E-state index in [4.69, 9.17) is 0 Å². The molecule has 5 nitrogen and oxygen atoms in total. The Hall–Kier alpha value is -3.06. The summed E-state index contributed by atoms with van der Waals surface area (Å²) < 4.78 is 13.0. The lowest BCUT2D eigenvalue weighted by Crippen LogP contribution is -2.32. The van der Waals surface area contributed by atoms with Crippen LogP contribution in [-0.4, -0.2) is 23.3 Å². The number of nitrogens with zero attached hydrogens (tertiary/aromatic N) is 1. The number of benzene rings is 2. The van der Waals surface area contributed by atoms with Crippen molar-refractivity contribution in [1.29, 1.82) is 0 Å². The zero-order chi connectivity index (χ0) is 20.1. The van der Waals surface area contributed by atoms with Crippen LogP contribution in [0.3, 0.4) is 0 Å². The van der Waals surface area contributed by atoms with Crippen LogP contribution in [0.1, 0.15) is 31.9 Å². The van der Waals surface area contributed by atoms with Crippen LogP contribution in [0.2, 0.25) is 0 Å². The predicted molar refractivity (Wildman–Crippen MR) is 108 cm³/mol. The second kappa shape index (κ2) is 8.75. The summed E-state index contributed by atoms with van der Waals surface area (Å²) in [6.07, 6.45) is 2.29. The van der Waals surface area contributed by atoms with E-state index in [2.05, 4.69) is 15.6 Å². The first-order chi connectivity index (χ1) is 13.4. The number of aromatic nitrogens is 1. The van der Waals surface area contributed by atoms with Crippen LogP contribution in [0.25, 0.3) is 0 Å². The van der Waals surface area contributed by atoms with Gasteiger partial charge in [0.2, 0.25) is 5.91 Å². The van der Waals surface area contributed by atoms with Gasteiger partial charge in [0.1, 0.15) is 5.82 Å². The van der Waals surface area contributed by atoms with Gasteiger partial charge in [0, 0.05) is 23.1 Å². The smallest absolute Gasteiger partial charge is 0.251 e. The minimum Gasteiger partial charge on any atom is -0.343 e. The minimum absolute atomic E-state index is 0.140. The molecular weight excluding hydrogens is 377 g/mol. The Morgan fingerprint density at radius 2 is 1.75 bits per heavy atom. The standard InChI is InChI=1S/C21H20FN3O2S/c1-13-7-14(2)9-16(8-13)20(27)23-12-19(26)25-21-24-11-18(28-21)10-15-3-5-17(22)6-4-15/h3-9,11H,10,12H2,1-2H3,(H,23,27)(H,24,25,26). The summed E-state index contributed by atoms with van der Waals surface area (Å²) in [7, 11) is 0. The van der Waals surface area contributed by atoms with Crippen LogP contribution >= 0.6 is 11.3 Å². The molecule has 0 aliphatic rings. The molecule has 0 spiro atoms. The molecule has 7 heteroatoms. The zero-order valence-electron chi connectivity index (χ0n) is 15.6. The monoisotopic (exact) mass is 397 g/mol. The van der Waals surface area contributed by atoms with Gasteiger partial charge in [-0.3, -0.25) is 9.59 Å². The van der Waals surface area contributed by atoms with Crippen LogP contribution in [0.5, 0.6) is 0 Å². The molecule has 0 saturated carbocycles. The molecule has 0 aliphatic carbocycles. The molecule has 1 aromatic heterocycles. The van der Waals surface area contributed by atoms with Gasteiger partial charge in [0.05, 0.1) is 6.54 Å². The molecule has 0 saturated heterocycles. The first-order valence-corrected chi connectivity index (χ1v) is 9.56. The third-order valence-corrected chi connectivity index (χ3v) is 4.90. The summed E-state index contributed by atoms with van der Waals surface area (Å²) in [4.78, 5) is 29.4. The highest BCUT2D eigenvalue weighted by atomic mass is 32.1. The molecule has 3 aromatic rings. The highest BCUT2D eigenvalue weighted by molar-refractivity contribution is 7.15. The Balaban J connectivity index is 1.51. The van der Waals surface area contributed by atoms with E-state index in [0.717, 1.165) is 21.6 Å². The van der Waals surface area contributed by atoms with Crippen molar-refractivity contribution in [3.8, 4) is 0 Å². The number of rotatable bonds is 6. The lowest BCUT2D eigenvalue weighted by molar-refractivity contribution is -0.115. The molecule has 2 N–H and O–H groups in total. The number of carbonyl (C=O) groups is 2. The van der Waals surface area contributed by atoms with E-state index < -0.39 is 0 Å². The van der Waals surface area contributed by atoms with E-state index in [1.54, 1.807) is 30.5 Å². The summed E-state index contributed by atoms with van der Waals surface area (Å²) in [5.41, 5.74) is 3.47. The minimum atomic E-state index is -0.347. The Labute approximate surface area is 166 Å². The highest BCUT2D eigenvalue weighted by Crippen LogP contribution is 2.21. The van der Waals surface area contributed by atoms with Crippen molar-refractivity contribution in [1.82, 2.24) is 10.3 Å². The van der Waals surface area contributed by atoms with Gasteiger partial charge in [-0.15, -0.1) is 11.3 Å². The second-order valence-electron chi connectivity index (χ2n) is 6.54. The van der Waals surface area contributed by atoms with Gasteiger partial charge >= 0.3 is 0 Å². The summed E-state index contributed by atoms with van der Waals surface area (Å²) in [6.45, 7) is 3.70. The summed E-state index contributed by atoms with van der Waals surface area (Å²) in [5, 5.41) is 5.76. The summed E-state index contributed by atoms with van der Waals surface area (Å²) >= 11 is 1.35. The van der Waals surface area contributed by atoms with Crippen molar-refractivity contribution in [3.63, 3.8) is 0 Å². The van der Waals surface area contributed by atoms with Gasteiger partial charge in [-0.25, -0.2) is 9.37 Å². The van der Waals surface area contributed by atoms with Crippen LogP contribution in [-0.2, 0) is 11.2 Å². The average molecular weight is 397 g/mol. The largest absolute Gasteiger partial charge is 0.343 e. The molecule has 0 unspecified atom stereocenters. The maximum absolute atomic E-state index is 13.0. The van der Waals surface area contributed by atoms with Crippen molar-refractivity contribution < 1.29 is 14.0 Å². The fourth-order valence-electron chi connectivity index (χ4n) is 2.78. The Morgan fingerprint density at radius 1 is 1.07 bits per heavy atom. The first-order valence-electron chi connectivity index (χ1n) is 8.74. The lowest BCUT2D eigenvalue weighted by atomic mass is 10.1. The fourth-order valence-corrected chi connectivity index (χ4v) is 3.65. The molecule has 0 radical (unpaired) electrons. The normalized spacial score (nSPS) is 10.5. The first kappa shape index (κ1) is 19.7. The van der Waals surface area contributed by atoms with Gasteiger partial charge in [0.15, 0.2) is 5.13 Å². The van der Waals surface area contributed by atoms with Crippen LogP contribution in [0.15, 0.2) is 48.7 Å². The molecule has 28 heavy (non-hydrogen) atoms. The topological polar surface area (TPSA) is 71.1 Å². The van der Waals surface area contributed by atoms with Crippen molar-refractivity contribution in [3.05, 3.63) is 81.6 Å². The maximum Gasteiger partial charge on any atom is 0.251 e. The third kappa shape index (κ3) is 5.47. The van der Waals surface area contributed by atoms with Crippen molar-refractivity contribution >= 4 is 28.3 Å². The third-order valence-electron chi connectivity index (χ3n) is 3.98. The molecular formula is C21H20FN3O2S. The number of anilines is 1. The molecule has 0 bridgehead atoms. The van der Waals surface area contributed by atoms with Crippen LogP contribution < -0.4 is 10.6 Å². The lowest BCUT2D eigenvalue weighted by Gasteiger charge is -2.07. The van der Waals surface area contributed by atoms with E-state index in [-0.39, 0.29) is 24.2 Å². The van der Waals surface area contributed by atoms with Crippen molar-refractivity contribution in [2.45, 2.75) is 20.3 Å². The molecule has 2 aromatic carbocycles. The number of hydrogen-bond donors (Lipinski definition) is 2. The number of carbonyl (C=O) groups excluding carboxylic acids is 2. The maximum atomic E-state index is 13.0. The van der Waals surface area contributed by atoms with Gasteiger partial charge in [-0.2, -0.15) is 0 Å². The Kier molecular flexibility index (Phi) is 6.16. The molecule has 0 atom stereocenters. The SMILES string of the molecule is Cc1cc(C)cc(C(=O)NCC(=O)Nc2ncc(Cc3ccc(F)cc3)s2)c1. The molecule has 0 aliphatic heterocycles. The van der Waals surface area contributed by atoms with E-state index in [1.165, 1.54) is 23.5 Å². The number of amides is 2. The van der Waals surface area contributed by atoms with Crippen molar-refractivity contribution in [2.75, 3.05) is 11.9 Å². The number of halogens is 1. The van der Waals surface area contributed by atoms with Gasteiger partial charge in [-0.05, 0) is 43.7 Å². The molecule has 0 fully saturated rings. The number of aryl methyl sites for hydroxylation is 2. The van der Waals surface area contributed by atoms with E-state index in [0.29, 0.717) is 17.1 Å². The highest BCUT2D eigenvalue weighted by Gasteiger charge is 2.11. The fraction of sp³-hybridized carbons (Fsp3) is 0.190. The van der Waals surface area contributed by atoms with Crippen LogP contribution in [0.4, 0.5) is 9.52 Å². The van der Waals surface area contributed by atoms with Gasteiger partial charge in [-0.1, -0.05) is 29.3 Å². The van der Waals surface area contributed by atoms with Gasteiger partial charge < -0.3 is 10.6 Å². The molecule has 144 valence electrons. The van der Waals surface area contributed by atoms with Crippen molar-refractivity contribution in [2.24, 2.45) is 0 Å². The van der Waals surface area contributed by atoms with Gasteiger partial charge in [0.25, 0.3) is 5.91 Å². The summed E-state index contributed by atoms with van der Waals surface area (Å²) in [5.74, 6) is -0.914. The predicted octanol–water partition coefficient (Wildman–Crippen LogP) is 3.86. The average Bonchev–Trinajstić information content (AvgIpc) is 3.07. The Morgan fingerprint density at radius 3 is 2.43 bits per heavy atom. The van der Waals surface area contributed by atoms with Crippen LogP contribution in [0, 0.1) is 19.7 Å². The second-order valence-corrected chi connectivity index (χ2v) is 7.66. The quantitative estimate of drug-likeness (QED) is 0.664. The number of hydrogen-bond acceptors (Lipinski definition) is 4. The molecule has 1 heterocycles. The molecule has 2 amide bonds.